The summed E-state index contributed by atoms with van der Waals surface area (Å²) in [6.07, 6.45) is 12.1. The SMILES string of the molecule is C=Cc1cccc2c(N=c3ncnc(Nc4c(N)n(C=C)c5c(C=C)cccc45)c4c[nH]cc34)c(N)n(C=C)c12. The molecule has 9 heteroatoms. The number of nitrogen functional groups attached to an aromatic ring is 2. The third-order valence-corrected chi connectivity index (χ3v) is 7.03. The van der Waals surface area contributed by atoms with Gasteiger partial charge in [0.25, 0.3) is 0 Å². The topological polar surface area (TPSA) is 128 Å². The van der Waals surface area contributed by atoms with Crippen molar-refractivity contribution in [1.82, 2.24) is 24.1 Å². The molecule has 6 N–H and O–H groups in total. The van der Waals surface area contributed by atoms with Gasteiger partial charge < -0.3 is 30.9 Å². The molecule has 4 heterocycles. The Balaban J connectivity index is 1.57. The molecule has 196 valence electrons. The smallest absolute Gasteiger partial charge is 0.163 e. The first-order chi connectivity index (χ1) is 19.5. The van der Waals surface area contributed by atoms with Crippen LogP contribution in [-0.4, -0.2) is 24.1 Å². The Bertz CT molecular complexity index is 2090. The number of benzene rings is 2. The molecule has 0 aliphatic rings. The number of nitrogens with one attached hydrogen (secondary N) is 2. The van der Waals surface area contributed by atoms with Gasteiger partial charge in [-0.2, -0.15) is 0 Å². The number of hydrogen-bond donors (Lipinski definition) is 4. The first kappa shape index (κ1) is 24.5. The van der Waals surface area contributed by atoms with Crippen LogP contribution < -0.4 is 22.3 Å². The van der Waals surface area contributed by atoms with Gasteiger partial charge >= 0.3 is 0 Å². The Hall–Kier alpha value is -5.83. The van der Waals surface area contributed by atoms with E-state index in [2.05, 4.69) is 46.6 Å². The van der Waals surface area contributed by atoms with Crippen molar-refractivity contribution in [2.75, 3.05) is 16.8 Å². The largest absolute Gasteiger partial charge is 0.383 e. The van der Waals surface area contributed by atoms with E-state index in [0.717, 1.165) is 43.7 Å². The van der Waals surface area contributed by atoms with Crippen LogP contribution in [0.1, 0.15) is 11.1 Å². The van der Waals surface area contributed by atoms with Crippen molar-refractivity contribution in [2.24, 2.45) is 4.99 Å². The number of para-hydroxylation sites is 2. The van der Waals surface area contributed by atoms with Gasteiger partial charge in [-0.1, -0.05) is 74.9 Å². The Morgan fingerprint density at radius 2 is 1.40 bits per heavy atom. The van der Waals surface area contributed by atoms with E-state index < -0.39 is 0 Å². The minimum Gasteiger partial charge on any atom is -0.383 e. The van der Waals surface area contributed by atoms with Gasteiger partial charge in [-0.3, -0.25) is 0 Å². The quantitative estimate of drug-likeness (QED) is 0.189. The Morgan fingerprint density at radius 3 is 2.08 bits per heavy atom. The first-order valence-electron chi connectivity index (χ1n) is 12.5. The highest BCUT2D eigenvalue weighted by Crippen LogP contribution is 2.39. The van der Waals surface area contributed by atoms with E-state index in [9.17, 15) is 0 Å². The van der Waals surface area contributed by atoms with E-state index in [1.807, 2.05) is 57.9 Å². The van der Waals surface area contributed by atoms with E-state index in [-0.39, 0.29) is 0 Å². The van der Waals surface area contributed by atoms with Gasteiger partial charge in [-0.15, -0.1) is 0 Å². The van der Waals surface area contributed by atoms with Crippen molar-refractivity contribution in [1.29, 1.82) is 0 Å². The highest BCUT2D eigenvalue weighted by Gasteiger charge is 2.18. The lowest BCUT2D eigenvalue weighted by Crippen LogP contribution is -2.04. The highest BCUT2D eigenvalue weighted by atomic mass is 15.1. The number of hydrogen-bond acceptors (Lipinski definition) is 6. The molecule has 0 spiro atoms. The van der Waals surface area contributed by atoms with Crippen molar-refractivity contribution in [3.05, 3.63) is 98.0 Å². The van der Waals surface area contributed by atoms with Crippen molar-refractivity contribution in [2.45, 2.75) is 0 Å². The Kier molecular flexibility index (Phi) is 5.81. The molecule has 4 aromatic heterocycles. The zero-order chi connectivity index (χ0) is 28.0. The van der Waals surface area contributed by atoms with Crippen LogP contribution in [0.4, 0.5) is 28.8 Å². The van der Waals surface area contributed by atoms with Gasteiger partial charge in [0.1, 0.15) is 29.5 Å². The average molecular weight is 526 g/mol. The van der Waals surface area contributed by atoms with Gasteiger partial charge in [0, 0.05) is 46.3 Å². The number of H-pyrrole nitrogens is 1. The fourth-order valence-electron chi connectivity index (χ4n) is 5.20. The molecule has 0 amide bonds. The summed E-state index contributed by atoms with van der Waals surface area (Å²) in [5, 5.41) is 6.73. The molecule has 0 aliphatic heterocycles. The average Bonchev–Trinajstić information content (AvgIpc) is 3.61. The second-order valence-electron chi connectivity index (χ2n) is 9.06. The number of aromatic nitrogens is 5. The van der Waals surface area contributed by atoms with Crippen molar-refractivity contribution in [3.63, 3.8) is 0 Å². The molecular weight excluding hydrogens is 498 g/mol. The summed E-state index contributed by atoms with van der Waals surface area (Å²) in [7, 11) is 0. The van der Waals surface area contributed by atoms with E-state index in [4.69, 9.17) is 16.5 Å². The summed E-state index contributed by atoms with van der Waals surface area (Å²) in [4.78, 5) is 17.3. The molecule has 9 nitrogen and oxygen atoms in total. The standard InChI is InChI=1S/C31H27N9/c1-5-18-11-9-13-20-24(28(32)39(7-3)26(18)20)37-30-22-15-34-16-23(22)31(36-17-35-30)38-25-21-14-10-12-19(6-2)27(21)40(8-4)29(25)33/h5-17,34H,1-4,32-33H2,(H,35,36,37,38). The molecule has 40 heavy (non-hydrogen) atoms. The molecular formula is C31H27N9. The van der Waals surface area contributed by atoms with Crippen LogP contribution in [0.5, 0.6) is 0 Å². The van der Waals surface area contributed by atoms with Crippen molar-refractivity contribution in [3.8, 4) is 0 Å². The van der Waals surface area contributed by atoms with Gasteiger partial charge in [0.2, 0.25) is 0 Å². The second kappa shape index (κ2) is 9.48. The molecule has 0 radical (unpaired) electrons. The highest BCUT2D eigenvalue weighted by molar-refractivity contribution is 6.07. The van der Waals surface area contributed by atoms with Crippen molar-refractivity contribution >= 4 is 86.0 Å². The minimum absolute atomic E-state index is 0.450. The lowest BCUT2D eigenvalue weighted by atomic mass is 10.1. The summed E-state index contributed by atoms with van der Waals surface area (Å²) in [6, 6.07) is 11.8. The lowest BCUT2D eigenvalue weighted by Gasteiger charge is -2.05. The molecule has 0 unspecified atom stereocenters. The summed E-state index contributed by atoms with van der Waals surface area (Å²) >= 11 is 0. The third kappa shape index (κ3) is 3.52. The van der Waals surface area contributed by atoms with Crippen LogP contribution in [0.15, 0.2) is 86.4 Å². The summed E-state index contributed by atoms with van der Waals surface area (Å²) in [6.45, 7) is 15.8. The Labute approximate surface area is 229 Å². The molecule has 0 aliphatic carbocycles. The summed E-state index contributed by atoms with van der Waals surface area (Å²) in [5.74, 6) is 1.50. The van der Waals surface area contributed by atoms with E-state index >= 15 is 0 Å². The lowest BCUT2D eigenvalue weighted by molar-refractivity contribution is 1.13. The number of nitrogens with zero attached hydrogens (tertiary/aromatic N) is 5. The maximum absolute atomic E-state index is 6.58. The van der Waals surface area contributed by atoms with E-state index in [0.29, 0.717) is 34.3 Å². The van der Waals surface area contributed by atoms with Crippen molar-refractivity contribution < 1.29 is 0 Å². The molecule has 2 aromatic carbocycles. The van der Waals surface area contributed by atoms with Gasteiger partial charge in [-0.25, -0.2) is 15.0 Å². The zero-order valence-corrected chi connectivity index (χ0v) is 21.7. The normalized spacial score (nSPS) is 11.8. The van der Waals surface area contributed by atoms with Gasteiger partial charge in [0.05, 0.1) is 16.7 Å². The number of rotatable bonds is 7. The first-order valence-corrected chi connectivity index (χ1v) is 12.5. The third-order valence-electron chi connectivity index (χ3n) is 7.03. The predicted octanol–water partition coefficient (Wildman–Crippen LogP) is 6.49. The fraction of sp³-hybridized carbons (Fsp3) is 0. The number of nitrogens with two attached hydrogens (primary N) is 2. The summed E-state index contributed by atoms with van der Waals surface area (Å²) in [5.41, 5.74) is 18.5. The molecule has 0 bridgehead atoms. The van der Waals surface area contributed by atoms with E-state index in [1.54, 1.807) is 24.6 Å². The molecule has 0 atom stereocenters. The molecule has 6 rings (SSSR count). The molecule has 6 aromatic rings. The number of anilines is 4. The van der Waals surface area contributed by atoms with Crippen LogP contribution in [0.3, 0.4) is 0 Å². The summed E-state index contributed by atoms with van der Waals surface area (Å²) < 4.78 is 3.64. The van der Waals surface area contributed by atoms with Crippen LogP contribution >= 0.6 is 0 Å². The Morgan fingerprint density at radius 1 is 0.775 bits per heavy atom. The van der Waals surface area contributed by atoms with Crippen LogP contribution in [-0.2, 0) is 0 Å². The number of aromatic amines is 1. The monoisotopic (exact) mass is 525 g/mol. The van der Waals surface area contributed by atoms with Crippen LogP contribution in [0.2, 0.25) is 0 Å². The second-order valence-corrected chi connectivity index (χ2v) is 9.06. The van der Waals surface area contributed by atoms with Gasteiger partial charge in [-0.05, 0) is 11.1 Å². The maximum atomic E-state index is 6.58. The minimum atomic E-state index is 0.450. The fourth-order valence-corrected chi connectivity index (χ4v) is 5.20. The molecule has 0 saturated carbocycles. The van der Waals surface area contributed by atoms with E-state index in [1.165, 1.54) is 6.33 Å². The number of fused-ring (bicyclic) bond motifs is 3. The maximum Gasteiger partial charge on any atom is 0.163 e. The predicted molar refractivity (Wildman–Crippen MR) is 168 cm³/mol. The van der Waals surface area contributed by atoms with Crippen LogP contribution in [0.25, 0.3) is 57.1 Å². The van der Waals surface area contributed by atoms with Gasteiger partial charge in [0.15, 0.2) is 5.49 Å². The molecule has 0 saturated heterocycles. The molecule has 0 fully saturated rings. The zero-order valence-electron chi connectivity index (χ0n) is 21.7. The van der Waals surface area contributed by atoms with Crippen LogP contribution in [0, 0.1) is 0 Å².